The molecule has 27 heavy (non-hydrogen) atoms. The first-order chi connectivity index (χ1) is 12.2. The third-order valence-corrected chi connectivity index (χ3v) is 13.9. The maximum Gasteiger partial charge on any atom is -1.00 e. The monoisotopic (exact) mass is 472 g/mol. The number of allylic oxidation sites excluding steroid dienone is 4. The molecule has 0 spiro atoms. The van der Waals surface area contributed by atoms with E-state index in [0.29, 0.717) is 0 Å². The fourth-order valence-corrected chi connectivity index (χ4v) is 13.2. The minimum absolute atomic E-state index is 0. The van der Waals surface area contributed by atoms with E-state index in [0.717, 1.165) is 6.42 Å². The van der Waals surface area contributed by atoms with Gasteiger partial charge in [-0.25, -0.2) is 0 Å². The molecule has 2 aromatic rings. The van der Waals surface area contributed by atoms with Crippen molar-refractivity contribution >= 4 is 6.48 Å². The number of halogens is 2. The van der Waals surface area contributed by atoms with Gasteiger partial charge in [0.15, 0.2) is 0 Å². The summed E-state index contributed by atoms with van der Waals surface area (Å²) in [6.45, 7) is 4.51. The van der Waals surface area contributed by atoms with Crippen LogP contribution >= 0.6 is 0 Å². The molecule has 0 saturated heterocycles. The van der Waals surface area contributed by atoms with Gasteiger partial charge in [0, 0.05) is 0 Å². The summed E-state index contributed by atoms with van der Waals surface area (Å²) in [6.07, 6.45) is 13.7. The Morgan fingerprint density at radius 3 is 2.33 bits per heavy atom. The minimum Gasteiger partial charge on any atom is -1.00 e. The molecular formula is C24H24Cl2Zr. The Bertz CT molecular complexity index is 990. The van der Waals surface area contributed by atoms with Gasteiger partial charge in [0.1, 0.15) is 0 Å². The normalized spacial score (nSPS) is 15.6. The zero-order chi connectivity index (χ0) is 17.0. The molecule has 3 aliphatic rings. The summed E-state index contributed by atoms with van der Waals surface area (Å²) < 4.78 is 5.55. The SMILES string of the molecule is Cc1ccc2c(c1)-c1cc(C)c[c]([Zr+2]([C]3=CC=CC3)=[C]3CCC3)c1C2.[Cl-].[Cl-]. The Kier molecular flexibility index (Phi) is 6.46. The van der Waals surface area contributed by atoms with Crippen molar-refractivity contribution in [2.75, 3.05) is 0 Å². The second-order valence-electron chi connectivity index (χ2n) is 7.83. The van der Waals surface area contributed by atoms with Crippen LogP contribution in [-0.2, 0) is 27.7 Å². The van der Waals surface area contributed by atoms with Crippen molar-refractivity contribution in [3.8, 4) is 11.1 Å². The van der Waals surface area contributed by atoms with Crippen LogP contribution in [0, 0.1) is 13.8 Å². The van der Waals surface area contributed by atoms with Crippen molar-refractivity contribution in [2.24, 2.45) is 0 Å². The molecule has 0 bridgehead atoms. The molecule has 1 fully saturated rings. The van der Waals surface area contributed by atoms with E-state index in [1.54, 1.807) is 17.7 Å². The molecule has 3 aliphatic carbocycles. The Morgan fingerprint density at radius 1 is 0.889 bits per heavy atom. The molecule has 0 atom stereocenters. The first kappa shape index (κ1) is 21.0. The smallest absolute Gasteiger partial charge is 1.00 e. The van der Waals surface area contributed by atoms with E-state index in [2.05, 4.69) is 62.4 Å². The van der Waals surface area contributed by atoms with Crippen LogP contribution in [0.15, 0.2) is 51.8 Å². The topological polar surface area (TPSA) is 0 Å². The quantitative estimate of drug-likeness (QED) is 0.462. The molecule has 138 valence electrons. The average Bonchev–Trinajstić information content (AvgIpc) is 3.18. The predicted octanol–water partition coefficient (Wildman–Crippen LogP) is -0.674. The fraction of sp³-hybridized carbons (Fsp3) is 0.292. The van der Waals surface area contributed by atoms with Crippen LogP contribution in [-0.4, -0.2) is 3.21 Å². The Labute approximate surface area is 182 Å². The zero-order valence-corrected chi connectivity index (χ0v) is 19.9. The van der Waals surface area contributed by atoms with Gasteiger partial charge in [-0.15, -0.1) is 0 Å². The van der Waals surface area contributed by atoms with E-state index in [1.165, 1.54) is 47.9 Å². The summed E-state index contributed by atoms with van der Waals surface area (Å²) in [5.74, 6) is 0. The van der Waals surface area contributed by atoms with Gasteiger partial charge >= 0.3 is 159 Å². The van der Waals surface area contributed by atoms with Crippen molar-refractivity contribution in [2.45, 2.75) is 46.0 Å². The Hall–Kier alpha value is -0.747. The number of aryl methyl sites for hydroxylation is 2. The largest absolute Gasteiger partial charge is 1.00 e. The van der Waals surface area contributed by atoms with E-state index in [-0.39, 0.29) is 24.8 Å². The number of hydrogen-bond acceptors (Lipinski definition) is 0. The second kappa shape index (κ2) is 8.32. The maximum absolute atomic E-state index is 2.57. The molecule has 1 saturated carbocycles. The van der Waals surface area contributed by atoms with E-state index >= 15 is 0 Å². The molecule has 0 aliphatic heterocycles. The van der Waals surface area contributed by atoms with Gasteiger partial charge in [-0.3, -0.25) is 0 Å². The Balaban J connectivity index is 0.00000105. The first-order valence-electron chi connectivity index (χ1n) is 9.52. The second-order valence-corrected chi connectivity index (χ2v) is 14.3. The van der Waals surface area contributed by atoms with E-state index in [4.69, 9.17) is 0 Å². The molecule has 3 heteroatoms. The van der Waals surface area contributed by atoms with Gasteiger partial charge in [0.05, 0.1) is 0 Å². The third-order valence-electron chi connectivity index (χ3n) is 5.99. The van der Waals surface area contributed by atoms with Gasteiger partial charge < -0.3 is 24.8 Å². The molecule has 2 aromatic carbocycles. The van der Waals surface area contributed by atoms with Gasteiger partial charge in [-0.05, 0) is 0 Å². The summed E-state index contributed by atoms with van der Waals surface area (Å²) in [5, 5.41) is 0. The maximum atomic E-state index is 2.57. The van der Waals surface area contributed by atoms with E-state index < -0.39 is 21.3 Å². The van der Waals surface area contributed by atoms with E-state index in [9.17, 15) is 0 Å². The van der Waals surface area contributed by atoms with Crippen LogP contribution in [0.2, 0.25) is 0 Å². The Morgan fingerprint density at radius 2 is 1.67 bits per heavy atom. The third kappa shape index (κ3) is 3.64. The van der Waals surface area contributed by atoms with Crippen LogP contribution < -0.4 is 28.1 Å². The summed E-state index contributed by atoms with van der Waals surface area (Å²) in [7, 11) is 0. The molecule has 0 amide bonds. The van der Waals surface area contributed by atoms with Gasteiger partial charge in [-0.1, -0.05) is 0 Å². The predicted molar refractivity (Wildman–Crippen MR) is 104 cm³/mol. The number of rotatable bonds is 2. The first-order valence-corrected chi connectivity index (χ1v) is 13.2. The van der Waals surface area contributed by atoms with Crippen molar-refractivity contribution in [3.05, 3.63) is 74.1 Å². The molecule has 0 aromatic heterocycles. The minimum atomic E-state index is -1.86. The van der Waals surface area contributed by atoms with Crippen LogP contribution in [0.25, 0.3) is 11.1 Å². The molecule has 0 unspecified atom stereocenters. The number of fused-ring (bicyclic) bond motifs is 3. The molecule has 0 heterocycles. The number of benzene rings is 2. The van der Waals surface area contributed by atoms with Crippen LogP contribution in [0.4, 0.5) is 0 Å². The van der Waals surface area contributed by atoms with Crippen molar-refractivity contribution < 1.29 is 46.1 Å². The standard InChI is InChI=1S/C15H13.C5H5.C4H6.2ClH.Zr/c1-10-3-5-12-9-13-6-4-11(2)8-15(13)14(12)7-10;1-2-4-5-3-1;1-2-4-3-1;;;/h3-5,7-8H,9H2,1-2H3;1-3H,4H2;1-3H2;2*1H;/q;;;;;+2/p-2. The molecule has 0 N–H and O–H groups in total. The van der Waals surface area contributed by atoms with Gasteiger partial charge in [0.2, 0.25) is 0 Å². The van der Waals surface area contributed by atoms with Crippen LogP contribution in [0.1, 0.15) is 47.9 Å². The zero-order valence-electron chi connectivity index (χ0n) is 15.9. The van der Waals surface area contributed by atoms with Gasteiger partial charge in [-0.2, -0.15) is 0 Å². The van der Waals surface area contributed by atoms with Crippen molar-refractivity contribution in [3.63, 3.8) is 0 Å². The fourth-order valence-electron chi connectivity index (χ4n) is 4.58. The number of hydrogen-bond donors (Lipinski definition) is 0. The average molecular weight is 475 g/mol. The van der Waals surface area contributed by atoms with E-state index in [1.807, 2.05) is 3.21 Å². The summed E-state index contributed by atoms with van der Waals surface area (Å²) >= 11 is -1.86. The molecule has 0 nitrogen and oxygen atoms in total. The summed E-state index contributed by atoms with van der Waals surface area (Å²) in [5.41, 5.74) is 9.08. The van der Waals surface area contributed by atoms with Crippen LogP contribution in [0.3, 0.4) is 0 Å². The van der Waals surface area contributed by atoms with Crippen LogP contribution in [0.5, 0.6) is 0 Å². The van der Waals surface area contributed by atoms with Crippen molar-refractivity contribution in [1.82, 2.24) is 0 Å². The summed E-state index contributed by atoms with van der Waals surface area (Å²) in [6, 6.07) is 12.1. The molecular weight excluding hydrogens is 450 g/mol. The molecule has 0 radical (unpaired) electrons. The summed E-state index contributed by atoms with van der Waals surface area (Å²) in [4.78, 5) is 0. The van der Waals surface area contributed by atoms with Crippen molar-refractivity contribution in [1.29, 1.82) is 0 Å². The van der Waals surface area contributed by atoms with Gasteiger partial charge in [0.25, 0.3) is 0 Å². The molecule has 5 rings (SSSR count).